The lowest BCUT2D eigenvalue weighted by Crippen LogP contribution is -2.45. The second-order valence-corrected chi connectivity index (χ2v) is 5.03. The van der Waals surface area contributed by atoms with Crippen molar-refractivity contribution in [3.63, 3.8) is 0 Å². The molecule has 1 fully saturated rings. The first-order valence-corrected chi connectivity index (χ1v) is 6.14. The van der Waals surface area contributed by atoms with Gasteiger partial charge in [-0.1, -0.05) is 30.3 Å². The second-order valence-electron chi connectivity index (χ2n) is 5.03. The minimum atomic E-state index is -0.605. The summed E-state index contributed by atoms with van der Waals surface area (Å²) in [6.07, 6.45) is 1.68. The molecule has 0 saturated carbocycles. The SMILES string of the molecule is CC(C)N1CCC(O)(c2ccccc2)CC1. The Morgan fingerprint density at radius 1 is 1.12 bits per heavy atom. The number of aliphatic hydroxyl groups is 1. The summed E-state index contributed by atoms with van der Waals surface area (Å²) in [5.74, 6) is 0. The molecule has 88 valence electrons. The predicted molar refractivity (Wildman–Crippen MR) is 66.3 cm³/mol. The molecular weight excluding hydrogens is 198 g/mol. The molecule has 1 aromatic carbocycles. The third kappa shape index (κ3) is 2.28. The minimum Gasteiger partial charge on any atom is -0.385 e. The van der Waals surface area contributed by atoms with Crippen molar-refractivity contribution in [2.75, 3.05) is 13.1 Å². The van der Waals surface area contributed by atoms with Crippen LogP contribution in [0.5, 0.6) is 0 Å². The third-order valence-electron chi connectivity index (χ3n) is 3.67. The van der Waals surface area contributed by atoms with Gasteiger partial charge in [-0.3, -0.25) is 0 Å². The van der Waals surface area contributed by atoms with Crippen LogP contribution < -0.4 is 0 Å². The van der Waals surface area contributed by atoms with E-state index in [9.17, 15) is 5.11 Å². The van der Waals surface area contributed by atoms with Crippen molar-refractivity contribution in [2.24, 2.45) is 0 Å². The first-order valence-electron chi connectivity index (χ1n) is 6.14. The molecule has 0 amide bonds. The van der Waals surface area contributed by atoms with Gasteiger partial charge in [0, 0.05) is 19.1 Å². The highest BCUT2D eigenvalue weighted by molar-refractivity contribution is 5.22. The molecule has 1 aromatic rings. The van der Waals surface area contributed by atoms with Crippen LogP contribution in [0.15, 0.2) is 30.3 Å². The van der Waals surface area contributed by atoms with E-state index < -0.39 is 5.60 Å². The average molecular weight is 219 g/mol. The van der Waals surface area contributed by atoms with Gasteiger partial charge in [0.15, 0.2) is 0 Å². The molecule has 2 heteroatoms. The molecule has 0 spiro atoms. The number of hydrogen-bond donors (Lipinski definition) is 1. The molecular formula is C14H21NO. The van der Waals surface area contributed by atoms with Crippen molar-refractivity contribution in [2.45, 2.75) is 38.3 Å². The summed E-state index contributed by atoms with van der Waals surface area (Å²) in [6, 6.07) is 10.6. The summed E-state index contributed by atoms with van der Waals surface area (Å²) in [6.45, 7) is 6.41. The fourth-order valence-corrected chi connectivity index (χ4v) is 2.45. The first-order chi connectivity index (χ1) is 7.62. The van der Waals surface area contributed by atoms with Gasteiger partial charge in [-0.15, -0.1) is 0 Å². The van der Waals surface area contributed by atoms with Gasteiger partial charge in [0.05, 0.1) is 5.60 Å². The van der Waals surface area contributed by atoms with Crippen LogP contribution in [0.4, 0.5) is 0 Å². The summed E-state index contributed by atoms with van der Waals surface area (Å²) in [5.41, 5.74) is 0.463. The van der Waals surface area contributed by atoms with E-state index in [0.29, 0.717) is 6.04 Å². The molecule has 1 saturated heterocycles. The quantitative estimate of drug-likeness (QED) is 0.825. The monoisotopic (exact) mass is 219 g/mol. The van der Waals surface area contributed by atoms with Crippen molar-refractivity contribution in [1.82, 2.24) is 4.90 Å². The maximum absolute atomic E-state index is 10.6. The molecule has 1 heterocycles. The lowest BCUT2D eigenvalue weighted by molar-refractivity contribution is -0.0323. The minimum absolute atomic E-state index is 0.584. The Hall–Kier alpha value is -0.860. The lowest BCUT2D eigenvalue weighted by atomic mass is 9.84. The summed E-state index contributed by atoms with van der Waals surface area (Å²) < 4.78 is 0. The molecule has 0 aliphatic carbocycles. The summed E-state index contributed by atoms with van der Waals surface area (Å²) >= 11 is 0. The second kappa shape index (κ2) is 4.56. The molecule has 0 aromatic heterocycles. The topological polar surface area (TPSA) is 23.5 Å². The van der Waals surface area contributed by atoms with Crippen molar-refractivity contribution in [3.8, 4) is 0 Å². The van der Waals surface area contributed by atoms with Gasteiger partial charge in [-0.25, -0.2) is 0 Å². The van der Waals surface area contributed by atoms with E-state index in [2.05, 4.69) is 18.7 Å². The van der Waals surface area contributed by atoms with E-state index in [-0.39, 0.29) is 0 Å². The van der Waals surface area contributed by atoms with Gasteiger partial charge in [-0.2, -0.15) is 0 Å². The summed E-state index contributed by atoms with van der Waals surface area (Å²) in [7, 11) is 0. The zero-order valence-corrected chi connectivity index (χ0v) is 10.2. The lowest BCUT2D eigenvalue weighted by Gasteiger charge is -2.40. The Kier molecular flexibility index (Phi) is 3.31. The molecule has 0 unspecified atom stereocenters. The highest BCUT2D eigenvalue weighted by Crippen LogP contribution is 2.32. The molecule has 2 nitrogen and oxygen atoms in total. The number of nitrogens with zero attached hydrogens (tertiary/aromatic N) is 1. The smallest absolute Gasteiger partial charge is 0.0920 e. The van der Waals surface area contributed by atoms with Gasteiger partial charge in [0.1, 0.15) is 0 Å². The maximum Gasteiger partial charge on any atom is 0.0920 e. The number of benzene rings is 1. The predicted octanol–water partition coefficient (Wildman–Crippen LogP) is 2.38. The summed E-state index contributed by atoms with van der Waals surface area (Å²) in [5, 5.41) is 10.6. The molecule has 0 radical (unpaired) electrons. The van der Waals surface area contributed by atoms with E-state index in [1.807, 2.05) is 30.3 Å². The van der Waals surface area contributed by atoms with Crippen LogP contribution >= 0.6 is 0 Å². The van der Waals surface area contributed by atoms with Crippen molar-refractivity contribution < 1.29 is 5.11 Å². The maximum atomic E-state index is 10.6. The van der Waals surface area contributed by atoms with Gasteiger partial charge in [0.25, 0.3) is 0 Å². The Bertz CT molecular complexity index is 326. The van der Waals surface area contributed by atoms with E-state index in [0.717, 1.165) is 31.5 Å². The van der Waals surface area contributed by atoms with Crippen molar-refractivity contribution >= 4 is 0 Å². The van der Waals surface area contributed by atoms with Gasteiger partial charge >= 0.3 is 0 Å². The van der Waals surface area contributed by atoms with Crippen LogP contribution in [0.25, 0.3) is 0 Å². The van der Waals surface area contributed by atoms with Crippen LogP contribution in [0, 0.1) is 0 Å². The number of hydrogen-bond acceptors (Lipinski definition) is 2. The normalized spacial score (nSPS) is 21.2. The van der Waals surface area contributed by atoms with Gasteiger partial charge in [-0.05, 0) is 32.3 Å². The van der Waals surface area contributed by atoms with Crippen LogP contribution in [0.3, 0.4) is 0 Å². The third-order valence-corrected chi connectivity index (χ3v) is 3.67. The van der Waals surface area contributed by atoms with Crippen LogP contribution in [-0.2, 0) is 5.60 Å². The van der Waals surface area contributed by atoms with E-state index >= 15 is 0 Å². The van der Waals surface area contributed by atoms with Crippen LogP contribution in [0.1, 0.15) is 32.3 Å². The van der Waals surface area contributed by atoms with E-state index in [1.165, 1.54) is 0 Å². The van der Waals surface area contributed by atoms with Crippen molar-refractivity contribution in [1.29, 1.82) is 0 Å². The Balaban J connectivity index is 2.07. The number of rotatable bonds is 2. The molecule has 1 N–H and O–H groups in total. The molecule has 1 aliphatic rings. The fourth-order valence-electron chi connectivity index (χ4n) is 2.45. The zero-order valence-electron chi connectivity index (χ0n) is 10.2. The van der Waals surface area contributed by atoms with Crippen LogP contribution in [0.2, 0.25) is 0 Å². The Labute approximate surface area is 97.9 Å². The first kappa shape index (κ1) is 11.6. The average Bonchev–Trinajstić information content (AvgIpc) is 2.31. The molecule has 2 rings (SSSR count). The Morgan fingerprint density at radius 3 is 2.19 bits per heavy atom. The number of piperidine rings is 1. The Morgan fingerprint density at radius 2 is 1.69 bits per heavy atom. The van der Waals surface area contributed by atoms with E-state index in [4.69, 9.17) is 0 Å². The molecule has 0 bridgehead atoms. The molecule has 16 heavy (non-hydrogen) atoms. The highest BCUT2D eigenvalue weighted by atomic mass is 16.3. The van der Waals surface area contributed by atoms with Gasteiger partial charge in [0.2, 0.25) is 0 Å². The van der Waals surface area contributed by atoms with Crippen molar-refractivity contribution in [3.05, 3.63) is 35.9 Å². The molecule has 1 aliphatic heterocycles. The van der Waals surface area contributed by atoms with Crippen LogP contribution in [-0.4, -0.2) is 29.1 Å². The zero-order chi connectivity index (χ0) is 11.6. The van der Waals surface area contributed by atoms with Gasteiger partial charge < -0.3 is 10.0 Å². The fraction of sp³-hybridized carbons (Fsp3) is 0.571. The summed E-state index contributed by atoms with van der Waals surface area (Å²) in [4.78, 5) is 2.43. The highest BCUT2D eigenvalue weighted by Gasteiger charge is 2.34. The largest absolute Gasteiger partial charge is 0.385 e. The standard InChI is InChI=1S/C14H21NO/c1-12(2)15-10-8-14(16,9-11-15)13-6-4-3-5-7-13/h3-7,12,16H,8-11H2,1-2H3. The number of likely N-dealkylation sites (tertiary alicyclic amines) is 1. The van der Waals surface area contributed by atoms with E-state index in [1.54, 1.807) is 0 Å². The molecule has 0 atom stereocenters.